The van der Waals surface area contributed by atoms with Crippen LogP contribution in [0.4, 0.5) is 0 Å². The lowest BCUT2D eigenvalue weighted by molar-refractivity contribution is 0.573. The second-order valence-corrected chi connectivity index (χ2v) is 3.89. The van der Waals surface area contributed by atoms with Crippen LogP contribution < -0.4 is 0 Å². The first-order valence-corrected chi connectivity index (χ1v) is 7.75. The van der Waals surface area contributed by atoms with Gasteiger partial charge in [-0.2, -0.15) is 0 Å². The average Bonchev–Trinajstić information content (AvgIpc) is 2.40. The van der Waals surface area contributed by atoms with E-state index < -0.39 is 0 Å². The second kappa shape index (κ2) is 29.6. The molecule has 0 rings (SSSR count). The predicted octanol–water partition coefficient (Wildman–Crippen LogP) is 7.25. The van der Waals surface area contributed by atoms with Gasteiger partial charge in [-0.25, -0.2) is 0 Å². The van der Waals surface area contributed by atoms with Crippen molar-refractivity contribution < 1.29 is 0 Å². The standard InChI is InChI=1S/C9H18.C4H10.2C2H6/c1-5-6-7-9(4)8(2)3;1-3-4-2;2*1-2/h9H,2,5-7H2,1,3-4H3;3-4H2,1-2H3;2*1-2H3. The molecule has 0 aromatic rings. The lowest BCUT2D eigenvalue weighted by Crippen LogP contribution is -1.93. The Morgan fingerprint density at radius 3 is 1.41 bits per heavy atom. The normalized spacial score (nSPS) is 9.47. The number of allylic oxidation sites excluding steroid dienone is 1. The summed E-state index contributed by atoms with van der Waals surface area (Å²) >= 11 is 0. The Hall–Kier alpha value is -0.260. The largest absolute Gasteiger partial charge is 0.0999 e. The SMILES string of the molecule is C=C(C)C(C)CCCC.CC.CC.CCCC. The van der Waals surface area contributed by atoms with Crippen molar-refractivity contribution >= 4 is 0 Å². The van der Waals surface area contributed by atoms with Crippen LogP contribution in [0.2, 0.25) is 0 Å². The van der Waals surface area contributed by atoms with Gasteiger partial charge < -0.3 is 0 Å². The minimum atomic E-state index is 0.727. The van der Waals surface area contributed by atoms with Crippen molar-refractivity contribution in [2.24, 2.45) is 5.92 Å². The number of unbranched alkanes of at least 4 members (excludes halogenated alkanes) is 2. The van der Waals surface area contributed by atoms with Crippen molar-refractivity contribution in [2.45, 2.75) is 94.4 Å². The first kappa shape index (κ1) is 25.6. The molecular formula is C17H40. The molecule has 0 aliphatic carbocycles. The van der Waals surface area contributed by atoms with E-state index in [4.69, 9.17) is 0 Å². The Balaban J connectivity index is -0.0000000887. The first-order chi connectivity index (χ1) is 8.09. The first-order valence-electron chi connectivity index (χ1n) is 7.75. The van der Waals surface area contributed by atoms with Crippen LogP contribution in [0, 0.1) is 5.92 Å². The van der Waals surface area contributed by atoms with Crippen molar-refractivity contribution in [1.82, 2.24) is 0 Å². The molecule has 0 nitrogen and oxygen atoms in total. The Morgan fingerprint density at radius 1 is 0.882 bits per heavy atom. The van der Waals surface area contributed by atoms with Gasteiger partial charge in [0.05, 0.1) is 0 Å². The molecule has 0 aromatic carbocycles. The Morgan fingerprint density at radius 2 is 1.24 bits per heavy atom. The molecule has 0 aliphatic heterocycles. The maximum Gasteiger partial charge on any atom is -0.0237 e. The van der Waals surface area contributed by atoms with Crippen molar-refractivity contribution in [3.8, 4) is 0 Å². The molecule has 0 saturated carbocycles. The van der Waals surface area contributed by atoms with E-state index in [-0.39, 0.29) is 0 Å². The smallest absolute Gasteiger partial charge is 0.0237 e. The van der Waals surface area contributed by atoms with E-state index in [1.165, 1.54) is 37.7 Å². The van der Waals surface area contributed by atoms with Crippen LogP contribution in [0.15, 0.2) is 12.2 Å². The summed E-state index contributed by atoms with van der Waals surface area (Å²) in [5, 5.41) is 0. The molecule has 0 amide bonds. The summed E-state index contributed by atoms with van der Waals surface area (Å²) in [6.07, 6.45) is 6.59. The molecule has 108 valence electrons. The molecule has 0 heterocycles. The van der Waals surface area contributed by atoms with Crippen molar-refractivity contribution in [2.75, 3.05) is 0 Å². The van der Waals surface area contributed by atoms with Gasteiger partial charge in [0, 0.05) is 0 Å². The van der Waals surface area contributed by atoms with E-state index in [1.54, 1.807) is 0 Å². The average molecular weight is 245 g/mol. The third-order valence-electron chi connectivity index (χ3n) is 2.33. The molecule has 1 unspecified atom stereocenters. The lowest BCUT2D eigenvalue weighted by atomic mass is 9.98. The molecule has 0 saturated heterocycles. The van der Waals surface area contributed by atoms with Gasteiger partial charge >= 0.3 is 0 Å². The molecule has 0 heteroatoms. The third-order valence-corrected chi connectivity index (χ3v) is 2.33. The molecule has 0 fully saturated rings. The summed E-state index contributed by atoms with van der Waals surface area (Å²) in [6, 6.07) is 0. The zero-order valence-electron chi connectivity index (χ0n) is 14.3. The Bertz CT molecular complexity index is 101. The highest BCUT2D eigenvalue weighted by Gasteiger charge is 1.99. The Kier molecular flexibility index (Phi) is 44.6. The Labute approximate surface area is 113 Å². The maximum atomic E-state index is 3.91. The molecule has 1 atom stereocenters. The summed E-state index contributed by atoms with van der Waals surface area (Å²) in [7, 11) is 0. The molecule has 17 heavy (non-hydrogen) atoms. The molecule has 0 aliphatic rings. The third kappa shape index (κ3) is 38.9. The van der Waals surface area contributed by atoms with E-state index in [0.29, 0.717) is 0 Å². The van der Waals surface area contributed by atoms with E-state index in [1.807, 2.05) is 27.7 Å². The molecule has 0 spiro atoms. The lowest BCUT2D eigenvalue weighted by Gasteiger charge is -2.08. The van der Waals surface area contributed by atoms with Gasteiger partial charge in [-0.05, 0) is 19.3 Å². The van der Waals surface area contributed by atoms with Crippen LogP contribution in [0.5, 0.6) is 0 Å². The van der Waals surface area contributed by atoms with E-state index >= 15 is 0 Å². The van der Waals surface area contributed by atoms with Crippen LogP contribution in [0.3, 0.4) is 0 Å². The van der Waals surface area contributed by atoms with Gasteiger partial charge in [-0.15, -0.1) is 0 Å². The van der Waals surface area contributed by atoms with Crippen LogP contribution in [-0.4, -0.2) is 0 Å². The predicted molar refractivity (Wildman–Crippen MR) is 86.8 cm³/mol. The van der Waals surface area contributed by atoms with E-state index in [2.05, 4.69) is 41.2 Å². The summed E-state index contributed by atoms with van der Waals surface area (Å²) in [5.41, 5.74) is 1.32. The topological polar surface area (TPSA) is 0 Å². The van der Waals surface area contributed by atoms with E-state index in [0.717, 1.165) is 5.92 Å². The van der Waals surface area contributed by atoms with Gasteiger partial charge in [0.15, 0.2) is 0 Å². The molecule has 0 radical (unpaired) electrons. The molecule has 0 N–H and O–H groups in total. The summed E-state index contributed by atoms with van der Waals surface area (Å²) in [6.45, 7) is 22.9. The van der Waals surface area contributed by atoms with Gasteiger partial charge in [-0.1, -0.05) is 93.2 Å². The van der Waals surface area contributed by atoms with Gasteiger partial charge in [0.2, 0.25) is 0 Å². The fourth-order valence-corrected chi connectivity index (χ4v) is 0.757. The fourth-order valence-electron chi connectivity index (χ4n) is 0.757. The van der Waals surface area contributed by atoms with Crippen molar-refractivity contribution in [3.63, 3.8) is 0 Å². The highest BCUT2D eigenvalue weighted by molar-refractivity contribution is 4.93. The summed E-state index contributed by atoms with van der Waals surface area (Å²) in [4.78, 5) is 0. The molecule has 0 aromatic heterocycles. The van der Waals surface area contributed by atoms with Gasteiger partial charge in [-0.3, -0.25) is 0 Å². The minimum absolute atomic E-state index is 0.727. The zero-order valence-corrected chi connectivity index (χ0v) is 14.3. The minimum Gasteiger partial charge on any atom is -0.0999 e. The summed E-state index contributed by atoms with van der Waals surface area (Å²) in [5.74, 6) is 0.727. The zero-order chi connectivity index (χ0) is 14.7. The maximum absolute atomic E-state index is 3.91. The van der Waals surface area contributed by atoms with Crippen LogP contribution in [-0.2, 0) is 0 Å². The fraction of sp³-hybridized carbons (Fsp3) is 0.882. The van der Waals surface area contributed by atoms with E-state index in [9.17, 15) is 0 Å². The highest BCUT2D eigenvalue weighted by atomic mass is 14.0. The summed E-state index contributed by atoms with van der Waals surface area (Å²) < 4.78 is 0. The second-order valence-electron chi connectivity index (χ2n) is 3.89. The van der Waals surface area contributed by atoms with Gasteiger partial charge in [0.25, 0.3) is 0 Å². The van der Waals surface area contributed by atoms with Crippen LogP contribution >= 0.6 is 0 Å². The molecular weight excluding hydrogens is 204 g/mol. The monoisotopic (exact) mass is 244 g/mol. The van der Waals surface area contributed by atoms with Crippen LogP contribution in [0.1, 0.15) is 94.4 Å². The van der Waals surface area contributed by atoms with Crippen molar-refractivity contribution in [1.29, 1.82) is 0 Å². The van der Waals surface area contributed by atoms with Gasteiger partial charge in [0.1, 0.15) is 0 Å². The number of rotatable bonds is 5. The van der Waals surface area contributed by atoms with Crippen LogP contribution in [0.25, 0.3) is 0 Å². The molecule has 0 bridgehead atoms. The van der Waals surface area contributed by atoms with Crippen molar-refractivity contribution in [3.05, 3.63) is 12.2 Å². The number of hydrogen-bond donors (Lipinski definition) is 0. The highest BCUT2D eigenvalue weighted by Crippen LogP contribution is 2.14. The quantitative estimate of drug-likeness (QED) is 0.447. The number of hydrogen-bond acceptors (Lipinski definition) is 0.